The second-order valence-electron chi connectivity index (χ2n) is 5.89. The Bertz CT molecular complexity index is 252. The van der Waals surface area contributed by atoms with E-state index in [-0.39, 0.29) is 5.38 Å². The molecule has 1 rings (SSSR count). The zero-order chi connectivity index (χ0) is 12.2. The quantitative estimate of drug-likeness (QED) is 0.695. The van der Waals surface area contributed by atoms with Crippen molar-refractivity contribution in [1.82, 2.24) is 4.90 Å². The molecule has 0 aromatic carbocycles. The van der Waals surface area contributed by atoms with Gasteiger partial charge in [0.15, 0.2) is 0 Å². The molecule has 1 saturated heterocycles. The third kappa shape index (κ3) is 4.31. The molecular weight excluding hydrogens is 220 g/mol. The second-order valence-corrected chi connectivity index (χ2v) is 6.42. The third-order valence-corrected chi connectivity index (χ3v) is 3.84. The molecule has 1 aliphatic heterocycles. The lowest BCUT2D eigenvalue weighted by Gasteiger charge is -2.29. The van der Waals surface area contributed by atoms with Crippen LogP contribution in [-0.2, 0) is 0 Å². The minimum absolute atomic E-state index is 0.355. The highest BCUT2D eigenvalue weighted by molar-refractivity contribution is 6.22. The van der Waals surface area contributed by atoms with Crippen molar-refractivity contribution in [2.75, 3.05) is 19.6 Å². The fourth-order valence-electron chi connectivity index (χ4n) is 2.47. The number of nitrogens with zero attached hydrogens (tertiary/aromatic N) is 2. The van der Waals surface area contributed by atoms with Gasteiger partial charge < -0.3 is 4.90 Å². The summed E-state index contributed by atoms with van der Waals surface area (Å²) in [5.74, 6) is 0.799. The first kappa shape index (κ1) is 13.8. The third-order valence-electron chi connectivity index (χ3n) is 3.60. The molecule has 0 bridgehead atoms. The average Bonchev–Trinajstić information content (AvgIpc) is 2.42. The summed E-state index contributed by atoms with van der Waals surface area (Å²) in [4.78, 5) is 2.34. The molecule has 0 amide bonds. The summed E-state index contributed by atoms with van der Waals surface area (Å²) >= 11 is 5.88. The number of hydrogen-bond donors (Lipinski definition) is 0. The van der Waals surface area contributed by atoms with Gasteiger partial charge in [-0.3, -0.25) is 0 Å². The molecule has 92 valence electrons. The molecule has 16 heavy (non-hydrogen) atoms. The molecule has 0 aromatic rings. The number of likely N-dealkylation sites (tertiary alicyclic amines) is 1. The van der Waals surface area contributed by atoms with Crippen molar-refractivity contribution in [3.63, 3.8) is 0 Å². The summed E-state index contributed by atoms with van der Waals surface area (Å²) < 4.78 is 0. The van der Waals surface area contributed by atoms with E-state index in [2.05, 4.69) is 31.7 Å². The van der Waals surface area contributed by atoms with Crippen LogP contribution in [0.25, 0.3) is 0 Å². The Labute approximate surface area is 105 Å². The molecule has 3 heteroatoms. The maximum atomic E-state index is 8.71. The van der Waals surface area contributed by atoms with E-state index in [1.165, 1.54) is 19.3 Å². The van der Waals surface area contributed by atoms with Crippen molar-refractivity contribution in [2.24, 2.45) is 11.3 Å². The Morgan fingerprint density at radius 1 is 1.38 bits per heavy atom. The van der Waals surface area contributed by atoms with Crippen LogP contribution in [0.5, 0.6) is 0 Å². The number of hydrogen-bond acceptors (Lipinski definition) is 2. The van der Waals surface area contributed by atoms with E-state index in [1.807, 2.05) is 0 Å². The summed E-state index contributed by atoms with van der Waals surface area (Å²) in [5, 5.41) is 8.35. The van der Waals surface area contributed by atoms with Crippen LogP contribution < -0.4 is 0 Å². The van der Waals surface area contributed by atoms with Gasteiger partial charge in [0.1, 0.15) is 5.38 Å². The zero-order valence-corrected chi connectivity index (χ0v) is 11.4. The Morgan fingerprint density at radius 2 is 2.06 bits per heavy atom. The van der Waals surface area contributed by atoms with Gasteiger partial charge in [0.25, 0.3) is 0 Å². The van der Waals surface area contributed by atoms with Gasteiger partial charge in [-0.25, -0.2) is 0 Å². The lowest BCUT2D eigenvalue weighted by Crippen LogP contribution is -2.31. The molecule has 0 aromatic heterocycles. The van der Waals surface area contributed by atoms with E-state index in [4.69, 9.17) is 16.9 Å². The summed E-state index contributed by atoms with van der Waals surface area (Å²) in [7, 11) is 0. The Hall–Kier alpha value is -0.260. The summed E-state index contributed by atoms with van der Waals surface area (Å²) in [6.45, 7) is 9.88. The lowest BCUT2D eigenvalue weighted by molar-refractivity contribution is 0.209. The lowest BCUT2D eigenvalue weighted by atomic mass is 9.77. The maximum absolute atomic E-state index is 8.71. The van der Waals surface area contributed by atoms with Crippen molar-refractivity contribution < 1.29 is 0 Å². The van der Waals surface area contributed by atoms with Crippen molar-refractivity contribution in [3.8, 4) is 6.07 Å². The highest BCUT2D eigenvalue weighted by Gasteiger charge is 2.27. The fourth-order valence-corrected chi connectivity index (χ4v) is 2.67. The summed E-state index contributed by atoms with van der Waals surface area (Å²) in [6, 6.07) is 2.10. The van der Waals surface area contributed by atoms with Gasteiger partial charge in [0.2, 0.25) is 0 Å². The predicted molar refractivity (Wildman–Crippen MR) is 68.5 cm³/mol. The van der Waals surface area contributed by atoms with Crippen molar-refractivity contribution in [2.45, 2.75) is 45.4 Å². The molecule has 0 saturated carbocycles. The molecule has 1 heterocycles. The summed E-state index contributed by atoms with van der Waals surface area (Å²) in [5.41, 5.74) is 0.408. The standard InChI is InChI=1S/C13H23ClN2/c1-13(2,3)11-5-4-7-16(8-6-11)10-12(14)9-15/h11-12H,4-8,10H2,1-3H3. The van der Waals surface area contributed by atoms with E-state index in [9.17, 15) is 0 Å². The molecule has 2 nitrogen and oxygen atoms in total. The van der Waals surface area contributed by atoms with Crippen LogP contribution in [0, 0.1) is 22.7 Å². The van der Waals surface area contributed by atoms with E-state index in [0.717, 1.165) is 25.6 Å². The Morgan fingerprint density at radius 3 is 2.62 bits per heavy atom. The van der Waals surface area contributed by atoms with E-state index in [0.29, 0.717) is 5.41 Å². The van der Waals surface area contributed by atoms with Crippen molar-refractivity contribution >= 4 is 11.6 Å². The number of rotatable bonds is 2. The monoisotopic (exact) mass is 242 g/mol. The SMILES string of the molecule is CC(C)(C)C1CCCN(CC(Cl)C#N)CC1. The van der Waals surface area contributed by atoms with Gasteiger partial charge in [-0.15, -0.1) is 11.6 Å². The molecule has 2 unspecified atom stereocenters. The maximum Gasteiger partial charge on any atom is 0.133 e. The first-order chi connectivity index (χ1) is 7.43. The van der Waals surface area contributed by atoms with Gasteiger partial charge in [-0.1, -0.05) is 20.8 Å². The van der Waals surface area contributed by atoms with Gasteiger partial charge in [-0.2, -0.15) is 5.26 Å². The van der Waals surface area contributed by atoms with Crippen LogP contribution in [0.4, 0.5) is 0 Å². The Kier molecular flexibility index (Phi) is 5.08. The minimum Gasteiger partial charge on any atom is -0.301 e. The molecule has 0 N–H and O–H groups in total. The first-order valence-electron chi connectivity index (χ1n) is 6.19. The smallest absolute Gasteiger partial charge is 0.133 e. The van der Waals surface area contributed by atoms with Crippen molar-refractivity contribution in [1.29, 1.82) is 5.26 Å². The van der Waals surface area contributed by atoms with Crippen LogP contribution in [0.15, 0.2) is 0 Å². The zero-order valence-electron chi connectivity index (χ0n) is 10.7. The van der Waals surface area contributed by atoms with Crippen LogP contribution in [0.1, 0.15) is 40.0 Å². The second kappa shape index (κ2) is 5.89. The Balaban J connectivity index is 2.44. The molecular formula is C13H23ClN2. The minimum atomic E-state index is -0.355. The van der Waals surface area contributed by atoms with E-state index >= 15 is 0 Å². The average molecular weight is 243 g/mol. The molecule has 0 spiro atoms. The van der Waals surface area contributed by atoms with Crippen molar-refractivity contribution in [3.05, 3.63) is 0 Å². The summed E-state index contributed by atoms with van der Waals surface area (Å²) in [6.07, 6.45) is 3.77. The largest absolute Gasteiger partial charge is 0.301 e. The first-order valence-corrected chi connectivity index (χ1v) is 6.63. The highest BCUT2D eigenvalue weighted by atomic mass is 35.5. The fraction of sp³-hybridized carbons (Fsp3) is 0.923. The number of alkyl halides is 1. The molecule has 1 aliphatic rings. The number of halogens is 1. The normalized spacial score (nSPS) is 25.8. The number of nitriles is 1. The van der Waals surface area contributed by atoms with E-state index in [1.54, 1.807) is 0 Å². The molecule has 0 aliphatic carbocycles. The van der Waals surface area contributed by atoms with Gasteiger partial charge in [0.05, 0.1) is 6.07 Å². The van der Waals surface area contributed by atoms with Gasteiger partial charge in [0, 0.05) is 6.54 Å². The van der Waals surface area contributed by atoms with Crippen LogP contribution >= 0.6 is 11.6 Å². The topological polar surface area (TPSA) is 27.0 Å². The van der Waals surface area contributed by atoms with Crippen LogP contribution in [0.2, 0.25) is 0 Å². The van der Waals surface area contributed by atoms with Gasteiger partial charge in [-0.05, 0) is 43.7 Å². The van der Waals surface area contributed by atoms with Crippen LogP contribution in [-0.4, -0.2) is 29.9 Å². The predicted octanol–water partition coefficient (Wildman–Crippen LogP) is 3.27. The van der Waals surface area contributed by atoms with E-state index < -0.39 is 0 Å². The molecule has 1 fully saturated rings. The molecule has 2 atom stereocenters. The van der Waals surface area contributed by atoms with Gasteiger partial charge >= 0.3 is 0 Å². The highest BCUT2D eigenvalue weighted by Crippen LogP contribution is 2.34. The van der Waals surface area contributed by atoms with Crippen LogP contribution in [0.3, 0.4) is 0 Å². The molecule has 0 radical (unpaired) electrons.